The molecule has 4 heteroatoms. The van der Waals surface area contributed by atoms with Crippen LogP contribution in [0.4, 0.5) is 0 Å². The summed E-state index contributed by atoms with van der Waals surface area (Å²) in [5.41, 5.74) is 6.41. The minimum Gasteiger partial charge on any atom is -0.368 e. The Morgan fingerprint density at radius 3 is 2.71 bits per heavy atom. The Hall–Kier alpha value is -0.870. The SMILES string of the molecule is NC(=O)C(NC1CCCC1)c1cccc(Br)c1. The van der Waals surface area contributed by atoms with Gasteiger partial charge in [-0.25, -0.2) is 0 Å². The van der Waals surface area contributed by atoms with E-state index in [1.807, 2.05) is 24.3 Å². The molecule has 1 unspecified atom stereocenters. The fourth-order valence-corrected chi connectivity index (χ4v) is 2.77. The van der Waals surface area contributed by atoms with Gasteiger partial charge in [0, 0.05) is 10.5 Å². The lowest BCUT2D eigenvalue weighted by Gasteiger charge is -2.20. The normalized spacial score (nSPS) is 18.2. The van der Waals surface area contributed by atoms with Gasteiger partial charge in [-0.3, -0.25) is 10.1 Å². The van der Waals surface area contributed by atoms with Crippen LogP contribution in [0, 0.1) is 0 Å². The number of amides is 1. The van der Waals surface area contributed by atoms with E-state index in [9.17, 15) is 4.79 Å². The van der Waals surface area contributed by atoms with Crippen molar-refractivity contribution in [1.29, 1.82) is 0 Å². The van der Waals surface area contributed by atoms with Gasteiger partial charge < -0.3 is 5.73 Å². The first-order chi connectivity index (χ1) is 8.16. The molecule has 0 bridgehead atoms. The first kappa shape index (κ1) is 12.6. The monoisotopic (exact) mass is 296 g/mol. The van der Waals surface area contributed by atoms with Crippen molar-refractivity contribution in [3.8, 4) is 0 Å². The predicted molar refractivity (Wildman–Crippen MR) is 71.5 cm³/mol. The summed E-state index contributed by atoms with van der Waals surface area (Å²) >= 11 is 3.41. The summed E-state index contributed by atoms with van der Waals surface area (Å²) in [5, 5.41) is 3.36. The third-order valence-corrected chi connectivity index (χ3v) is 3.72. The minimum absolute atomic E-state index is 0.310. The Balaban J connectivity index is 2.13. The number of carbonyl (C=O) groups is 1. The lowest BCUT2D eigenvalue weighted by atomic mass is 10.0. The largest absolute Gasteiger partial charge is 0.368 e. The highest BCUT2D eigenvalue weighted by Crippen LogP contribution is 2.23. The molecule has 0 aliphatic heterocycles. The molecule has 1 fully saturated rings. The highest BCUT2D eigenvalue weighted by atomic mass is 79.9. The molecule has 1 aromatic carbocycles. The number of hydrogen-bond donors (Lipinski definition) is 2. The number of halogens is 1. The lowest BCUT2D eigenvalue weighted by Crippen LogP contribution is -2.38. The van der Waals surface area contributed by atoms with Crippen LogP contribution in [-0.4, -0.2) is 11.9 Å². The van der Waals surface area contributed by atoms with Gasteiger partial charge in [0.2, 0.25) is 5.91 Å². The van der Waals surface area contributed by atoms with Gasteiger partial charge >= 0.3 is 0 Å². The summed E-state index contributed by atoms with van der Waals surface area (Å²) < 4.78 is 0.967. The summed E-state index contributed by atoms with van der Waals surface area (Å²) in [6, 6.07) is 7.78. The van der Waals surface area contributed by atoms with Gasteiger partial charge in [0.25, 0.3) is 0 Å². The molecule has 0 radical (unpaired) electrons. The Bertz CT molecular complexity index is 402. The van der Waals surface area contributed by atoms with E-state index in [-0.39, 0.29) is 11.9 Å². The van der Waals surface area contributed by atoms with Gasteiger partial charge in [-0.1, -0.05) is 40.9 Å². The standard InChI is InChI=1S/C13H17BrN2O/c14-10-5-3-4-9(8-10)12(13(15)17)16-11-6-1-2-7-11/h3-5,8,11-12,16H,1-2,6-7H2,(H2,15,17). The van der Waals surface area contributed by atoms with E-state index in [2.05, 4.69) is 21.2 Å². The first-order valence-corrected chi connectivity index (χ1v) is 6.77. The van der Waals surface area contributed by atoms with E-state index in [0.717, 1.165) is 22.9 Å². The van der Waals surface area contributed by atoms with Crippen molar-refractivity contribution in [3.05, 3.63) is 34.3 Å². The molecule has 1 aliphatic carbocycles. The summed E-state index contributed by atoms with van der Waals surface area (Å²) in [6.45, 7) is 0. The zero-order chi connectivity index (χ0) is 12.3. The molecule has 3 nitrogen and oxygen atoms in total. The van der Waals surface area contributed by atoms with Crippen LogP contribution in [0.3, 0.4) is 0 Å². The van der Waals surface area contributed by atoms with Crippen LogP contribution < -0.4 is 11.1 Å². The van der Waals surface area contributed by atoms with Gasteiger partial charge in [-0.2, -0.15) is 0 Å². The van der Waals surface area contributed by atoms with Crippen LogP contribution >= 0.6 is 15.9 Å². The maximum Gasteiger partial charge on any atom is 0.239 e. The number of carbonyl (C=O) groups excluding carboxylic acids is 1. The van der Waals surface area contributed by atoms with Crippen molar-refractivity contribution in [1.82, 2.24) is 5.32 Å². The fraction of sp³-hybridized carbons (Fsp3) is 0.462. The molecular formula is C13H17BrN2O. The smallest absolute Gasteiger partial charge is 0.239 e. The molecule has 1 atom stereocenters. The average molecular weight is 297 g/mol. The van der Waals surface area contributed by atoms with Crippen LogP contribution in [-0.2, 0) is 4.79 Å². The summed E-state index contributed by atoms with van der Waals surface area (Å²) in [6.07, 6.45) is 4.75. The number of primary amides is 1. The molecule has 3 N–H and O–H groups in total. The molecule has 1 aliphatic rings. The van der Waals surface area contributed by atoms with E-state index in [0.29, 0.717) is 6.04 Å². The van der Waals surface area contributed by atoms with Gasteiger partial charge in [0.15, 0.2) is 0 Å². The van der Waals surface area contributed by atoms with Gasteiger partial charge in [-0.05, 0) is 30.5 Å². The molecule has 0 heterocycles. The summed E-state index contributed by atoms with van der Waals surface area (Å²) in [4.78, 5) is 11.5. The number of nitrogens with one attached hydrogen (secondary N) is 1. The second-order valence-electron chi connectivity index (χ2n) is 4.54. The Labute approximate surface area is 110 Å². The van der Waals surface area contributed by atoms with Crippen molar-refractivity contribution in [3.63, 3.8) is 0 Å². The highest BCUT2D eigenvalue weighted by Gasteiger charge is 2.23. The van der Waals surface area contributed by atoms with Crippen LogP contribution in [0.2, 0.25) is 0 Å². The van der Waals surface area contributed by atoms with E-state index in [1.54, 1.807) is 0 Å². The van der Waals surface area contributed by atoms with E-state index >= 15 is 0 Å². The Morgan fingerprint density at radius 2 is 2.12 bits per heavy atom. The van der Waals surface area contributed by atoms with Gasteiger partial charge in [0.05, 0.1) is 0 Å². The van der Waals surface area contributed by atoms with Crippen LogP contribution in [0.15, 0.2) is 28.7 Å². The highest BCUT2D eigenvalue weighted by molar-refractivity contribution is 9.10. The molecule has 0 saturated heterocycles. The van der Waals surface area contributed by atoms with Crippen molar-refractivity contribution in [2.24, 2.45) is 5.73 Å². The van der Waals surface area contributed by atoms with Crippen LogP contribution in [0.5, 0.6) is 0 Å². The molecular weight excluding hydrogens is 280 g/mol. The van der Waals surface area contributed by atoms with Crippen molar-refractivity contribution >= 4 is 21.8 Å². The molecule has 1 amide bonds. The first-order valence-electron chi connectivity index (χ1n) is 5.97. The Kier molecular flexibility index (Phi) is 4.18. The zero-order valence-corrected chi connectivity index (χ0v) is 11.2. The zero-order valence-electron chi connectivity index (χ0n) is 9.66. The molecule has 0 aromatic heterocycles. The van der Waals surface area contributed by atoms with Crippen molar-refractivity contribution in [2.45, 2.75) is 37.8 Å². The lowest BCUT2D eigenvalue weighted by molar-refractivity contribution is -0.120. The van der Waals surface area contributed by atoms with E-state index < -0.39 is 0 Å². The number of benzene rings is 1. The quantitative estimate of drug-likeness (QED) is 0.897. The molecule has 1 aromatic rings. The molecule has 1 saturated carbocycles. The Morgan fingerprint density at radius 1 is 1.41 bits per heavy atom. The summed E-state index contributed by atoms with van der Waals surface area (Å²) in [7, 11) is 0. The molecule has 0 spiro atoms. The summed E-state index contributed by atoms with van der Waals surface area (Å²) in [5.74, 6) is -0.310. The van der Waals surface area contributed by atoms with Crippen LogP contribution in [0.1, 0.15) is 37.3 Å². The molecule has 2 rings (SSSR count). The third kappa shape index (κ3) is 3.30. The van der Waals surface area contributed by atoms with E-state index in [4.69, 9.17) is 5.73 Å². The second-order valence-corrected chi connectivity index (χ2v) is 5.45. The maximum atomic E-state index is 11.5. The van der Waals surface area contributed by atoms with E-state index in [1.165, 1.54) is 12.8 Å². The third-order valence-electron chi connectivity index (χ3n) is 3.22. The topological polar surface area (TPSA) is 55.1 Å². The number of nitrogens with two attached hydrogens (primary N) is 1. The molecule has 92 valence electrons. The second kappa shape index (κ2) is 5.65. The van der Waals surface area contributed by atoms with Gasteiger partial charge in [-0.15, -0.1) is 0 Å². The maximum absolute atomic E-state index is 11.5. The minimum atomic E-state index is -0.379. The number of hydrogen-bond acceptors (Lipinski definition) is 2. The number of rotatable bonds is 4. The average Bonchev–Trinajstić information content (AvgIpc) is 2.78. The molecule has 17 heavy (non-hydrogen) atoms. The van der Waals surface area contributed by atoms with Crippen molar-refractivity contribution < 1.29 is 4.79 Å². The van der Waals surface area contributed by atoms with Crippen LogP contribution in [0.25, 0.3) is 0 Å². The van der Waals surface area contributed by atoms with Crippen molar-refractivity contribution in [2.75, 3.05) is 0 Å². The van der Waals surface area contributed by atoms with Gasteiger partial charge in [0.1, 0.15) is 6.04 Å². The fourth-order valence-electron chi connectivity index (χ4n) is 2.36. The predicted octanol–water partition coefficient (Wildman–Crippen LogP) is 2.51.